The van der Waals surface area contributed by atoms with Crippen LogP contribution in [0.25, 0.3) is 11.3 Å². The number of hydrogen-bond acceptors (Lipinski definition) is 14. The number of carbonyl (C=O) groups excluding carboxylic acids is 3. The molecule has 5 heterocycles. The lowest BCUT2D eigenvalue weighted by molar-refractivity contribution is -0.671. The Balaban J connectivity index is 0.00000442. The van der Waals surface area contributed by atoms with Crippen LogP contribution in [-0.4, -0.2) is 81.8 Å². The van der Waals surface area contributed by atoms with Crippen LogP contribution in [-0.2, 0) is 30.8 Å². The van der Waals surface area contributed by atoms with Crippen molar-refractivity contribution in [2.45, 2.75) is 22.7 Å². The molecule has 0 aromatic carbocycles. The normalized spacial score (nSPS) is 18.2. The van der Waals surface area contributed by atoms with Gasteiger partial charge in [-0.1, -0.05) is 16.9 Å². The molecule has 3 aromatic heterocycles. The smallest absolute Gasteiger partial charge is 0.429 e. The minimum Gasteiger partial charge on any atom is -0.543 e. The molecule has 0 unspecified atom stereocenters. The van der Waals surface area contributed by atoms with Gasteiger partial charge in [0.1, 0.15) is 25.1 Å². The van der Waals surface area contributed by atoms with Gasteiger partial charge in [-0.25, -0.2) is 14.1 Å². The summed E-state index contributed by atoms with van der Waals surface area (Å²) < 4.78 is 17.6. The molecule has 6 N–H and O–H groups in total. The number of aromatic nitrogens is 4. The zero-order valence-corrected chi connectivity index (χ0v) is 26.7. The van der Waals surface area contributed by atoms with Gasteiger partial charge in [-0.15, -0.1) is 23.1 Å². The summed E-state index contributed by atoms with van der Waals surface area (Å²) in [6.45, 7) is 1.69. The van der Waals surface area contributed by atoms with E-state index in [0.717, 1.165) is 27.9 Å². The quantitative estimate of drug-likeness (QED) is 0.0619. The van der Waals surface area contributed by atoms with E-state index in [4.69, 9.17) is 14.6 Å². The monoisotopic (exact) mass is 702 g/mol. The number of nitrogens with one attached hydrogen (secondary N) is 2. The zero-order valence-electron chi connectivity index (χ0n) is 22.6. The first kappa shape index (κ1) is 33.5. The van der Waals surface area contributed by atoms with Crippen molar-refractivity contribution in [1.29, 1.82) is 0 Å². The SMILES string of the molecule is CCO/N=C(/C(=O)N[C@@H]1C(=O)N2C(C(=O)[O-])=C(Sc3nc(-c4cc[n+](C)cc4)cs3)CS[C@H]12)c1nsc(NP(=O)(O)O)n1.O. The third-order valence-electron chi connectivity index (χ3n) is 5.76. The van der Waals surface area contributed by atoms with E-state index in [1.807, 2.05) is 46.6 Å². The molecule has 1 saturated heterocycles. The number of pyridine rings is 1. The van der Waals surface area contributed by atoms with Gasteiger partial charge in [0, 0.05) is 45.3 Å². The largest absolute Gasteiger partial charge is 0.543 e. The Hall–Kier alpha value is -3.43. The molecule has 5 rings (SSSR count). The highest BCUT2D eigenvalue weighted by Gasteiger charge is 2.53. The Bertz CT molecular complexity index is 1690. The van der Waals surface area contributed by atoms with Crippen molar-refractivity contribution in [3.05, 3.63) is 46.3 Å². The zero-order chi connectivity index (χ0) is 30.9. The Morgan fingerprint density at radius 1 is 1.32 bits per heavy atom. The van der Waals surface area contributed by atoms with E-state index in [1.54, 1.807) is 6.92 Å². The predicted molar refractivity (Wildman–Crippen MR) is 159 cm³/mol. The molecule has 2 aliphatic rings. The van der Waals surface area contributed by atoms with Crippen molar-refractivity contribution in [2.24, 2.45) is 12.2 Å². The van der Waals surface area contributed by atoms with Crippen LogP contribution in [0, 0.1) is 0 Å². The van der Waals surface area contributed by atoms with E-state index in [0.29, 0.717) is 20.8 Å². The maximum Gasteiger partial charge on any atom is 0.429 e. The Labute approximate surface area is 265 Å². The Morgan fingerprint density at radius 3 is 2.70 bits per heavy atom. The first-order valence-electron chi connectivity index (χ1n) is 12.1. The maximum absolute atomic E-state index is 13.1. The van der Waals surface area contributed by atoms with Gasteiger partial charge in [-0.05, 0) is 6.92 Å². The number of thioether (sulfide) groups is 2. The molecule has 0 bridgehead atoms. The molecule has 2 aliphatic heterocycles. The van der Waals surface area contributed by atoms with E-state index >= 15 is 0 Å². The number of carboxylic acid groups (broad SMARTS) is 1. The number of β-lactam (4-membered cyclic amide) rings is 1. The molecule has 1 fully saturated rings. The van der Waals surface area contributed by atoms with E-state index in [-0.39, 0.29) is 34.5 Å². The predicted octanol–water partition coefficient (Wildman–Crippen LogP) is -0.940. The topological polar surface area (TPSA) is 255 Å². The molecule has 0 spiro atoms. The highest BCUT2D eigenvalue weighted by Crippen LogP contribution is 2.45. The number of hydrogen-bond donors (Lipinski definition) is 4. The lowest BCUT2D eigenvalue weighted by atomic mass is 10.0. The molecule has 44 heavy (non-hydrogen) atoms. The summed E-state index contributed by atoms with van der Waals surface area (Å²) in [6, 6.07) is 2.72. The number of carboxylic acids is 1. The number of thiazole rings is 1. The number of rotatable bonds is 11. The van der Waals surface area contributed by atoms with Gasteiger partial charge in [0.05, 0.1) is 17.4 Å². The van der Waals surface area contributed by atoms with Gasteiger partial charge in [-0.2, -0.15) is 9.36 Å². The van der Waals surface area contributed by atoms with Gasteiger partial charge < -0.3 is 35.3 Å². The average Bonchev–Trinajstić information content (AvgIpc) is 3.60. The molecule has 22 heteroatoms. The van der Waals surface area contributed by atoms with E-state index in [9.17, 15) is 24.1 Å². The number of anilines is 1. The van der Waals surface area contributed by atoms with Gasteiger partial charge in [0.2, 0.25) is 16.7 Å². The summed E-state index contributed by atoms with van der Waals surface area (Å²) in [4.78, 5) is 71.5. The van der Waals surface area contributed by atoms with E-state index in [1.165, 1.54) is 23.1 Å². The van der Waals surface area contributed by atoms with Crippen molar-refractivity contribution >= 4 is 82.8 Å². The van der Waals surface area contributed by atoms with Crippen LogP contribution in [0.1, 0.15) is 12.7 Å². The minimum atomic E-state index is -4.68. The number of carbonyl (C=O) groups is 3. The number of fused-ring (bicyclic) bond motifs is 1. The average molecular weight is 703 g/mol. The first-order chi connectivity index (χ1) is 20.4. The van der Waals surface area contributed by atoms with Crippen molar-refractivity contribution in [3.8, 4) is 11.3 Å². The third kappa shape index (κ3) is 7.26. The summed E-state index contributed by atoms with van der Waals surface area (Å²) in [5, 5.41) is 21.1. The van der Waals surface area contributed by atoms with Crippen LogP contribution in [0.2, 0.25) is 0 Å². The van der Waals surface area contributed by atoms with Crippen LogP contribution >= 0.6 is 54.1 Å². The maximum atomic E-state index is 13.1. The summed E-state index contributed by atoms with van der Waals surface area (Å²) in [5.74, 6) is -3.19. The second kappa shape index (κ2) is 13.7. The van der Waals surface area contributed by atoms with Gasteiger partial charge >= 0.3 is 7.75 Å². The molecule has 234 valence electrons. The highest BCUT2D eigenvalue weighted by atomic mass is 32.2. The summed E-state index contributed by atoms with van der Waals surface area (Å²) in [7, 11) is -2.78. The van der Waals surface area contributed by atoms with E-state index in [2.05, 4.69) is 24.8 Å². The fourth-order valence-corrected chi connectivity index (χ4v) is 8.59. The van der Waals surface area contributed by atoms with Gasteiger partial charge in [0.25, 0.3) is 11.8 Å². The molecule has 2 amide bonds. The lowest BCUT2D eigenvalue weighted by Gasteiger charge is -2.50. The Kier molecular flexibility index (Phi) is 10.4. The summed E-state index contributed by atoms with van der Waals surface area (Å²) in [6.07, 6.45) is 3.78. The van der Waals surface area contributed by atoms with Crippen LogP contribution in [0.15, 0.2) is 50.0 Å². The molecule has 0 saturated carbocycles. The molecule has 3 aromatic rings. The third-order valence-corrected chi connectivity index (χ3v) is 10.5. The minimum absolute atomic E-state index is 0. The number of amides is 2. The van der Waals surface area contributed by atoms with Crippen LogP contribution in [0.3, 0.4) is 0 Å². The Morgan fingerprint density at radius 2 is 2.05 bits per heavy atom. The number of aryl methyl sites for hydroxylation is 1. The molecular weight excluding hydrogens is 680 g/mol. The van der Waals surface area contributed by atoms with E-state index < -0.39 is 42.7 Å². The summed E-state index contributed by atoms with van der Waals surface area (Å²) in [5.41, 5.74) is 0.906. The lowest BCUT2D eigenvalue weighted by Crippen LogP contribution is -2.71. The second-order valence-corrected chi connectivity index (χ2v) is 14.1. The fourth-order valence-electron chi connectivity index (χ4n) is 3.89. The van der Waals surface area contributed by atoms with Gasteiger partial charge in [-0.3, -0.25) is 19.6 Å². The summed E-state index contributed by atoms with van der Waals surface area (Å²) >= 11 is 4.31. The van der Waals surface area contributed by atoms with Crippen molar-refractivity contribution in [2.75, 3.05) is 17.4 Å². The number of nitrogens with zero attached hydrogens (tertiary/aromatic N) is 6. The number of aliphatic carboxylic acids is 1. The van der Waals surface area contributed by atoms with Crippen LogP contribution < -0.4 is 20.1 Å². The molecule has 0 aliphatic carbocycles. The van der Waals surface area contributed by atoms with Crippen molar-refractivity contribution in [3.63, 3.8) is 0 Å². The first-order valence-corrected chi connectivity index (χ1v) is 17.2. The van der Waals surface area contributed by atoms with Crippen LogP contribution in [0.4, 0.5) is 5.13 Å². The second-order valence-electron chi connectivity index (χ2n) is 8.71. The van der Waals surface area contributed by atoms with Crippen molar-refractivity contribution in [1.82, 2.24) is 24.6 Å². The highest BCUT2D eigenvalue weighted by molar-refractivity contribution is 8.07. The molecular formula is C22H23N8O9PS4. The number of oxime groups is 1. The molecule has 2 atom stereocenters. The van der Waals surface area contributed by atoms with Crippen LogP contribution in [0.5, 0.6) is 0 Å². The fraction of sp³-hybridized carbons (Fsp3) is 0.273. The standard InChI is InChI=1S/C22H21N8O8PS4.H2O/c1-3-38-26-13(16-25-21(43-28-16)27-39(35,36)37)17(31)24-14-18(32)30-15(20(33)34)12(9-40-19(14)30)42-22-23-11(8-41-22)10-4-6-29(2)7-5-10;/h4-8,14,19H,3,9H2,1-2H3,(H4-,24,25,27,28,31,33,34,35,36,37);1H2/b26-13+;/t14-,19-;/m1./s1. The van der Waals surface area contributed by atoms with Crippen molar-refractivity contribution < 1.29 is 48.7 Å². The molecule has 0 radical (unpaired) electrons. The van der Waals surface area contributed by atoms with Gasteiger partial charge in [0.15, 0.2) is 16.7 Å². The molecule has 17 nitrogen and oxygen atoms in total.